The van der Waals surface area contributed by atoms with Crippen LogP contribution in [0, 0.1) is 0 Å². The van der Waals surface area contributed by atoms with Gasteiger partial charge in [-0.2, -0.15) is 4.68 Å². The van der Waals surface area contributed by atoms with Gasteiger partial charge in [0.25, 0.3) is 11.8 Å². The van der Waals surface area contributed by atoms with Crippen molar-refractivity contribution in [3.05, 3.63) is 58.0 Å². The minimum Gasteiger partial charge on any atom is -0.335 e. The molecule has 0 atom stereocenters. The third-order valence-electron chi connectivity index (χ3n) is 4.90. The quantitative estimate of drug-likeness (QED) is 0.672. The highest BCUT2D eigenvalue weighted by atomic mass is 32.1. The lowest BCUT2D eigenvalue weighted by Gasteiger charge is -2.34. The molecule has 1 saturated heterocycles. The van der Waals surface area contributed by atoms with E-state index >= 15 is 0 Å². The Bertz CT molecular complexity index is 959. The molecule has 1 fully saturated rings. The monoisotopic (exact) mass is 396 g/mol. The predicted molar refractivity (Wildman–Crippen MR) is 105 cm³/mol. The van der Waals surface area contributed by atoms with Crippen LogP contribution in [0.15, 0.2) is 42.0 Å². The largest absolute Gasteiger partial charge is 0.335 e. The van der Waals surface area contributed by atoms with Crippen molar-refractivity contribution < 1.29 is 9.59 Å². The molecule has 3 heterocycles. The Balaban J connectivity index is 1.41. The van der Waals surface area contributed by atoms with Crippen LogP contribution >= 0.6 is 11.3 Å². The highest BCUT2D eigenvalue weighted by Gasteiger charge is 2.27. The molecule has 0 spiro atoms. The molecule has 144 valence electrons. The summed E-state index contributed by atoms with van der Waals surface area (Å²) in [6.45, 7) is 4.14. The molecule has 9 heteroatoms. The standard InChI is InChI=1S/C19H20N6O2S/c1-2-14-3-5-15(6-4-14)18(26)23-8-10-24(11-9-23)19(27)17-16(7-12-28-17)25-13-20-21-22-25/h3-7,12-13H,2,8-11H2,1H3. The predicted octanol–water partition coefficient (Wildman–Crippen LogP) is 1.88. The highest BCUT2D eigenvalue weighted by molar-refractivity contribution is 7.12. The first kappa shape index (κ1) is 18.3. The minimum atomic E-state index is -0.0557. The van der Waals surface area contributed by atoms with Crippen LogP contribution in [0.5, 0.6) is 0 Å². The molecule has 4 rings (SSSR count). The van der Waals surface area contributed by atoms with Gasteiger partial charge in [0.1, 0.15) is 11.2 Å². The molecular weight excluding hydrogens is 376 g/mol. The van der Waals surface area contributed by atoms with Crippen LogP contribution in [-0.4, -0.2) is 68.0 Å². The third kappa shape index (κ3) is 3.53. The Hall–Kier alpha value is -3.07. The normalized spacial score (nSPS) is 14.3. The summed E-state index contributed by atoms with van der Waals surface area (Å²) >= 11 is 1.37. The van der Waals surface area contributed by atoms with Crippen LogP contribution in [0.2, 0.25) is 0 Å². The van der Waals surface area contributed by atoms with E-state index in [1.54, 1.807) is 9.80 Å². The molecule has 0 radical (unpaired) electrons. The van der Waals surface area contributed by atoms with E-state index in [-0.39, 0.29) is 11.8 Å². The first-order valence-electron chi connectivity index (χ1n) is 9.15. The first-order chi connectivity index (χ1) is 13.7. The van der Waals surface area contributed by atoms with E-state index in [1.807, 2.05) is 35.7 Å². The van der Waals surface area contributed by atoms with Crippen molar-refractivity contribution in [2.45, 2.75) is 13.3 Å². The van der Waals surface area contributed by atoms with Crippen LogP contribution in [0.1, 0.15) is 32.5 Å². The van der Waals surface area contributed by atoms with Gasteiger partial charge in [-0.15, -0.1) is 16.4 Å². The van der Waals surface area contributed by atoms with E-state index in [9.17, 15) is 9.59 Å². The SMILES string of the molecule is CCc1ccc(C(=O)N2CCN(C(=O)c3sccc3-n3cnnn3)CC2)cc1. The fourth-order valence-electron chi connectivity index (χ4n) is 3.24. The maximum absolute atomic E-state index is 12.9. The number of thiophene rings is 1. The third-order valence-corrected chi connectivity index (χ3v) is 5.79. The van der Waals surface area contributed by atoms with E-state index in [0.717, 1.165) is 6.42 Å². The second-order valence-electron chi connectivity index (χ2n) is 6.52. The summed E-state index contributed by atoms with van der Waals surface area (Å²) in [5.74, 6) is -0.0415. The van der Waals surface area contributed by atoms with Crippen molar-refractivity contribution >= 4 is 23.2 Å². The van der Waals surface area contributed by atoms with Gasteiger partial charge in [-0.3, -0.25) is 9.59 Å². The van der Waals surface area contributed by atoms with Gasteiger partial charge >= 0.3 is 0 Å². The first-order valence-corrected chi connectivity index (χ1v) is 10.0. The van der Waals surface area contributed by atoms with Crippen molar-refractivity contribution in [1.29, 1.82) is 0 Å². The number of hydrogen-bond acceptors (Lipinski definition) is 6. The van der Waals surface area contributed by atoms with E-state index < -0.39 is 0 Å². The molecule has 8 nitrogen and oxygen atoms in total. The van der Waals surface area contributed by atoms with E-state index in [2.05, 4.69) is 22.4 Å². The Labute approximate surface area is 166 Å². The van der Waals surface area contributed by atoms with Gasteiger partial charge in [0.2, 0.25) is 0 Å². The number of piperazine rings is 1. The summed E-state index contributed by atoms with van der Waals surface area (Å²) in [7, 11) is 0. The van der Waals surface area contributed by atoms with Crippen molar-refractivity contribution in [2.24, 2.45) is 0 Å². The number of hydrogen-bond donors (Lipinski definition) is 0. The number of benzene rings is 1. The number of nitrogens with zero attached hydrogens (tertiary/aromatic N) is 6. The fraction of sp³-hybridized carbons (Fsp3) is 0.316. The number of tetrazole rings is 1. The number of carbonyl (C=O) groups excluding carboxylic acids is 2. The van der Waals surface area contributed by atoms with Crippen molar-refractivity contribution in [3.8, 4) is 5.69 Å². The average molecular weight is 396 g/mol. The van der Waals surface area contributed by atoms with E-state index in [1.165, 1.54) is 27.9 Å². The molecule has 0 saturated carbocycles. The van der Waals surface area contributed by atoms with Crippen LogP contribution in [-0.2, 0) is 6.42 Å². The Morgan fingerprint density at radius 2 is 1.68 bits per heavy atom. The van der Waals surface area contributed by atoms with Gasteiger partial charge in [0, 0.05) is 31.7 Å². The number of carbonyl (C=O) groups is 2. The number of aryl methyl sites for hydroxylation is 1. The molecule has 0 unspecified atom stereocenters. The van der Waals surface area contributed by atoms with Gasteiger partial charge in [0.15, 0.2) is 0 Å². The maximum atomic E-state index is 12.9. The molecule has 1 aromatic carbocycles. The molecule has 3 aromatic rings. The smallest absolute Gasteiger partial charge is 0.266 e. The molecule has 0 aliphatic carbocycles. The van der Waals surface area contributed by atoms with E-state index in [0.29, 0.717) is 42.3 Å². The average Bonchev–Trinajstić information content (AvgIpc) is 3.44. The lowest BCUT2D eigenvalue weighted by atomic mass is 10.1. The molecule has 1 aliphatic rings. The van der Waals surface area contributed by atoms with Crippen LogP contribution < -0.4 is 0 Å². The second-order valence-corrected chi connectivity index (χ2v) is 7.44. The minimum absolute atomic E-state index is 0.0141. The second kappa shape index (κ2) is 7.89. The summed E-state index contributed by atoms with van der Waals surface area (Å²) in [6.07, 6.45) is 2.42. The summed E-state index contributed by atoms with van der Waals surface area (Å²) in [5.41, 5.74) is 2.58. The number of rotatable bonds is 4. The Kier molecular flexibility index (Phi) is 5.16. The molecule has 1 aliphatic heterocycles. The lowest BCUT2D eigenvalue weighted by molar-refractivity contribution is 0.0538. The summed E-state index contributed by atoms with van der Waals surface area (Å²) in [6, 6.07) is 9.56. The van der Waals surface area contributed by atoms with Crippen LogP contribution in [0.25, 0.3) is 5.69 Å². The van der Waals surface area contributed by atoms with Gasteiger partial charge in [-0.05, 0) is 46.0 Å². The summed E-state index contributed by atoms with van der Waals surface area (Å²) in [5, 5.41) is 13.0. The zero-order valence-corrected chi connectivity index (χ0v) is 16.3. The molecule has 28 heavy (non-hydrogen) atoms. The topological polar surface area (TPSA) is 84.2 Å². The number of aromatic nitrogens is 4. The van der Waals surface area contributed by atoms with Gasteiger partial charge < -0.3 is 9.80 Å². The molecule has 2 aromatic heterocycles. The zero-order chi connectivity index (χ0) is 19.5. The van der Waals surface area contributed by atoms with Crippen LogP contribution in [0.4, 0.5) is 0 Å². The lowest BCUT2D eigenvalue weighted by Crippen LogP contribution is -2.50. The molecule has 2 amide bonds. The fourth-order valence-corrected chi connectivity index (χ4v) is 4.08. The van der Waals surface area contributed by atoms with Crippen LogP contribution in [0.3, 0.4) is 0 Å². The van der Waals surface area contributed by atoms with Gasteiger partial charge in [-0.25, -0.2) is 0 Å². The van der Waals surface area contributed by atoms with Crippen molar-refractivity contribution in [3.63, 3.8) is 0 Å². The van der Waals surface area contributed by atoms with Gasteiger partial charge in [0.05, 0.1) is 5.69 Å². The molecular formula is C19H20N6O2S. The van der Waals surface area contributed by atoms with Crippen molar-refractivity contribution in [1.82, 2.24) is 30.0 Å². The summed E-state index contributed by atoms with van der Waals surface area (Å²) < 4.78 is 1.49. The molecule has 0 N–H and O–H groups in total. The number of amides is 2. The van der Waals surface area contributed by atoms with E-state index in [4.69, 9.17) is 0 Å². The van der Waals surface area contributed by atoms with Crippen molar-refractivity contribution in [2.75, 3.05) is 26.2 Å². The molecule has 0 bridgehead atoms. The maximum Gasteiger partial charge on any atom is 0.266 e. The zero-order valence-electron chi connectivity index (χ0n) is 15.5. The highest BCUT2D eigenvalue weighted by Crippen LogP contribution is 2.23. The Morgan fingerprint density at radius 3 is 2.29 bits per heavy atom. The summed E-state index contributed by atoms with van der Waals surface area (Å²) in [4.78, 5) is 29.8. The Morgan fingerprint density at radius 1 is 1.00 bits per heavy atom. The van der Waals surface area contributed by atoms with Gasteiger partial charge in [-0.1, -0.05) is 19.1 Å².